The van der Waals surface area contributed by atoms with Crippen LogP contribution in [-0.2, 0) is 9.47 Å². The van der Waals surface area contributed by atoms with Crippen molar-refractivity contribution in [1.82, 2.24) is 0 Å². The molecular formula is C14H17ClO4. The lowest BCUT2D eigenvalue weighted by Gasteiger charge is -2.27. The summed E-state index contributed by atoms with van der Waals surface area (Å²) in [4.78, 5) is 0. The Bertz CT molecular complexity index is 431. The van der Waals surface area contributed by atoms with Gasteiger partial charge in [0.25, 0.3) is 0 Å². The van der Waals surface area contributed by atoms with Gasteiger partial charge < -0.3 is 18.9 Å². The maximum Gasteiger partial charge on any atom is 0.161 e. The average molecular weight is 285 g/mol. The first-order valence-corrected chi connectivity index (χ1v) is 7.01. The molecule has 0 aliphatic carbocycles. The topological polar surface area (TPSA) is 36.9 Å². The van der Waals surface area contributed by atoms with E-state index in [9.17, 15) is 0 Å². The van der Waals surface area contributed by atoms with E-state index in [0.29, 0.717) is 33.0 Å². The van der Waals surface area contributed by atoms with Gasteiger partial charge in [0.2, 0.25) is 0 Å². The highest BCUT2D eigenvalue weighted by Gasteiger charge is 2.26. The lowest BCUT2D eigenvalue weighted by atomic mass is 10.1. The molecule has 1 aromatic rings. The fourth-order valence-corrected chi connectivity index (χ4v) is 2.52. The van der Waals surface area contributed by atoms with Crippen LogP contribution in [0.5, 0.6) is 11.5 Å². The largest absolute Gasteiger partial charge is 0.490 e. The molecule has 3 rings (SSSR count). The summed E-state index contributed by atoms with van der Waals surface area (Å²) in [7, 11) is 0. The number of rotatable bonds is 2. The van der Waals surface area contributed by atoms with E-state index in [-0.39, 0.29) is 11.5 Å². The van der Waals surface area contributed by atoms with Gasteiger partial charge in [0, 0.05) is 6.42 Å². The van der Waals surface area contributed by atoms with Gasteiger partial charge in [-0.2, -0.15) is 0 Å². The smallest absolute Gasteiger partial charge is 0.161 e. The van der Waals surface area contributed by atoms with Crippen LogP contribution in [0.1, 0.15) is 17.4 Å². The Labute approximate surface area is 117 Å². The predicted molar refractivity (Wildman–Crippen MR) is 71.2 cm³/mol. The van der Waals surface area contributed by atoms with E-state index in [2.05, 4.69) is 0 Å². The average Bonchev–Trinajstić information content (AvgIpc) is 2.72. The Morgan fingerprint density at radius 2 is 1.89 bits per heavy atom. The molecule has 2 atom stereocenters. The molecule has 19 heavy (non-hydrogen) atoms. The molecule has 2 heterocycles. The Kier molecular flexibility index (Phi) is 4.11. The van der Waals surface area contributed by atoms with E-state index < -0.39 is 0 Å². The molecule has 1 saturated heterocycles. The molecule has 1 aromatic carbocycles. The fraction of sp³-hybridized carbons (Fsp3) is 0.571. The monoisotopic (exact) mass is 284 g/mol. The van der Waals surface area contributed by atoms with Crippen LogP contribution in [0.15, 0.2) is 18.2 Å². The van der Waals surface area contributed by atoms with Gasteiger partial charge in [-0.3, -0.25) is 0 Å². The fourth-order valence-electron chi connectivity index (χ4n) is 2.24. The normalized spacial score (nSPS) is 24.6. The first-order chi connectivity index (χ1) is 9.34. The van der Waals surface area contributed by atoms with E-state index in [4.69, 9.17) is 30.5 Å². The maximum atomic E-state index is 6.47. The van der Waals surface area contributed by atoms with Crippen molar-refractivity contribution in [2.75, 3.05) is 33.0 Å². The second kappa shape index (κ2) is 5.99. The summed E-state index contributed by atoms with van der Waals surface area (Å²) < 4.78 is 22.3. The minimum Gasteiger partial charge on any atom is -0.490 e. The van der Waals surface area contributed by atoms with E-state index in [1.165, 1.54) is 0 Å². The van der Waals surface area contributed by atoms with Crippen molar-refractivity contribution in [3.8, 4) is 11.5 Å². The van der Waals surface area contributed by atoms with Crippen LogP contribution in [0.4, 0.5) is 0 Å². The van der Waals surface area contributed by atoms with E-state index >= 15 is 0 Å². The van der Waals surface area contributed by atoms with Crippen LogP contribution in [0.3, 0.4) is 0 Å². The highest BCUT2D eigenvalue weighted by Crippen LogP contribution is 2.36. The van der Waals surface area contributed by atoms with Crippen LogP contribution >= 0.6 is 11.6 Å². The molecule has 5 heteroatoms. The van der Waals surface area contributed by atoms with Gasteiger partial charge in [0.05, 0.1) is 38.4 Å². The zero-order valence-electron chi connectivity index (χ0n) is 10.6. The molecule has 0 aromatic heterocycles. The molecule has 1 fully saturated rings. The summed E-state index contributed by atoms with van der Waals surface area (Å²) in [6.07, 6.45) is 0.786. The molecule has 2 aliphatic rings. The SMILES string of the molecule is ClC(c1ccc2c(c1)OCCCO2)C1COCCO1. The van der Waals surface area contributed by atoms with Crippen LogP contribution in [0.2, 0.25) is 0 Å². The van der Waals surface area contributed by atoms with Gasteiger partial charge >= 0.3 is 0 Å². The van der Waals surface area contributed by atoms with Gasteiger partial charge in [-0.05, 0) is 17.7 Å². The van der Waals surface area contributed by atoms with Crippen molar-refractivity contribution >= 4 is 11.6 Å². The van der Waals surface area contributed by atoms with Crippen LogP contribution in [0.25, 0.3) is 0 Å². The van der Waals surface area contributed by atoms with Crippen molar-refractivity contribution < 1.29 is 18.9 Å². The number of ether oxygens (including phenoxy) is 4. The molecule has 0 amide bonds. The molecule has 0 radical (unpaired) electrons. The van der Waals surface area contributed by atoms with Gasteiger partial charge in [0.1, 0.15) is 6.10 Å². The van der Waals surface area contributed by atoms with Crippen molar-refractivity contribution in [1.29, 1.82) is 0 Å². The second-order valence-corrected chi connectivity index (χ2v) is 5.11. The number of hydrogen-bond donors (Lipinski definition) is 0. The molecule has 2 unspecified atom stereocenters. The summed E-state index contributed by atoms with van der Waals surface area (Å²) in [5.74, 6) is 1.54. The Balaban J connectivity index is 1.78. The highest BCUT2D eigenvalue weighted by molar-refractivity contribution is 6.21. The van der Waals surface area contributed by atoms with E-state index in [1.807, 2.05) is 18.2 Å². The van der Waals surface area contributed by atoms with Crippen molar-refractivity contribution in [3.63, 3.8) is 0 Å². The zero-order valence-corrected chi connectivity index (χ0v) is 11.4. The molecule has 0 spiro atoms. The van der Waals surface area contributed by atoms with Crippen LogP contribution in [0, 0.1) is 0 Å². The first kappa shape index (κ1) is 13.0. The summed E-state index contributed by atoms with van der Waals surface area (Å²) in [5.41, 5.74) is 0.974. The van der Waals surface area contributed by atoms with Gasteiger partial charge in [0.15, 0.2) is 11.5 Å². The molecule has 0 bridgehead atoms. The maximum absolute atomic E-state index is 6.47. The number of benzene rings is 1. The Morgan fingerprint density at radius 1 is 1.05 bits per heavy atom. The van der Waals surface area contributed by atoms with Gasteiger partial charge in [-0.1, -0.05) is 6.07 Å². The first-order valence-electron chi connectivity index (χ1n) is 6.57. The third-order valence-corrected chi connectivity index (χ3v) is 3.79. The quantitative estimate of drug-likeness (QED) is 0.782. The van der Waals surface area contributed by atoms with Crippen molar-refractivity contribution in [3.05, 3.63) is 23.8 Å². The predicted octanol–water partition coefficient (Wildman–Crippen LogP) is 2.54. The van der Waals surface area contributed by atoms with Gasteiger partial charge in [-0.25, -0.2) is 0 Å². The van der Waals surface area contributed by atoms with E-state index in [1.54, 1.807) is 0 Å². The summed E-state index contributed by atoms with van der Waals surface area (Å²) in [6.45, 7) is 3.13. The number of fused-ring (bicyclic) bond motifs is 1. The number of alkyl halides is 1. The molecule has 0 saturated carbocycles. The zero-order chi connectivity index (χ0) is 13.1. The van der Waals surface area contributed by atoms with Crippen LogP contribution in [-0.4, -0.2) is 39.1 Å². The lowest BCUT2D eigenvalue weighted by molar-refractivity contribution is -0.0892. The molecule has 104 valence electrons. The minimum atomic E-state index is -0.238. The molecule has 4 nitrogen and oxygen atoms in total. The lowest BCUT2D eigenvalue weighted by Crippen LogP contribution is -2.31. The Hall–Kier alpha value is -0.970. The summed E-state index contributed by atoms with van der Waals surface area (Å²) in [5, 5.41) is -0.238. The van der Waals surface area contributed by atoms with E-state index in [0.717, 1.165) is 23.5 Å². The highest BCUT2D eigenvalue weighted by atomic mass is 35.5. The number of halogens is 1. The summed E-state index contributed by atoms with van der Waals surface area (Å²) >= 11 is 6.47. The molecule has 2 aliphatic heterocycles. The standard InChI is InChI=1S/C14H17ClO4/c15-14(13-9-16-6-7-19-13)10-2-3-11-12(8-10)18-5-1-4-17-11/h2-3,8,13-14H,1,4-7,9H2. The second-order valence-electron chi connectivity index (χ2n) is 4.64. The summed E-state index contributed by atoms with van der Waals surface area (Å²) in [6, 6.07) is 5.81. The Morgan fingerprint density at radius 3 is 2.68 bits per heavy atom. The molecule has 0 N–H and O–H groups in total. The third kappa shape index (κ3) is 2.96. The van der Waals surface area contributed by atoms with Crippen LogP contribution < -0.4 is 9.47 Å². The minimum absolute atomic E-state index is 0.111. The van der Waals surface area contributed by atoms with Crippen molar-refractivity contribution in [2.24, 2.45) is 0 Å². The number of hydrogen-bond acceptors (Lipinski definition) is 4. The third-order valence-electron chi connectivity index (χ3n) is 3.26. The molecular weight excluding hydrogens is 268 g/mol. The van der Waals surface area contributed by atoms with Crippen molar-refractivity contribution in [2.45, 2.75) is 17.9 Å². The van der Waals surface area contributed by atoms with Gasteiger partial charge in [-0.15, -0.1) is 11.6 Å².